The number of carbonyl (C=O) groups excluding carboxylic acids is 1. The number of carbonyl (C=O) groups is 1. The highest BCUT2D eigenvalue weighted by molar-refractivity contribution is 7.89. The van der Waals surface area contributed by atoms with E-state index in [9.17, 15) is 23.3 Å². The van der Waals surface area contributed by atoms with Crippen molar-refractivity contribution in [1.29, 1.82) is 0 Å². The number of esters is 1. The Balaban J connectivity index is 1.91. The SMILES string of the molecule is CCN(CC)S(=O)(=O)c1ccc(C2=N/C(=C\c3ccccc3[N+](=O)[O-])C(=O)O2)cc1. The van der Waals surface area contributed by atoms with Crippen LogP contribution in [0.2, 0.25) is 0 Å². The second-order valence-electron chi connectivity index (χ2n) is 6.27. The Morgan fingerprint density at radius 2 is 1.73 bits per heavy atom. The van der Waals surface area contributed by atoms with Crippen molar-refractivity contribution in [1.82, 2.24) is 4.31 Å². The van der Waals surface area contributed by atoms with E-state index in [4.69, 9.17) is 4.74 Å². The Bertz CT molecular complexity index is 1150. The topological polar surface area (TPSA) is 119 Å². The van der Waals surface area contributed by atoms with Gasteiger partial charge in [-0.2, -0.15) is 4.31 Å². The highest BCUT2D eigenvalue weighted by Gasteiger charge is 2.26. The maximum absolute atomic E-state index is 12.6. The van der Waals surface area contributed by atoms with Gasteiger partial charge in [-0.3, -0.25) is 10.1 Å². The van der Waals surface area contributed by atoms with E-state index in [0.29, 0.717) is 18.7 Å². The predicted octanol–water partition coefficient (Wildman–Crippen LogP) is 2.97. The standard InChI is InChI=1S/C20H19N3O6S/c1-3-22(4-2)30(27,28)16-11-9-14(10-12-16)19-21-17(20(24)29-19)13-15-7-5-6-8-18(15)23(25)26/h5-13H,3-4H2,1-2H3/b17-13-. The number of nitro benzene ring substituents is 1. The normalized spacial score (nSPS) is 15.4. The Labute approximate surface area is 173 Å². The molecule has 0 aliphatic carbocycles. The number of hydrogen-bond donors (Lipinski definition) is 0. The number of hydrogen-bond acceptors (Lipinski definition) is 7. The lowest BCUT2D eigenvalue weighted by molar-refractivity contribution is -0.385. The maximum atomic E-state index is 12.6. The predicted molar refractivity (Wildman–Crippen MR) is 110 cm³/mol. The number of aliphatic imine (C=N–C) groups is 1. The molecular formula is C20H19N3O6S. The van der Waals surface area contributed by atoms with E-state index in [2.05, 4.69) is 4.99 Å². The minimum atomic E-state index is -3.61. The van der Waals surface area contributed by atoms with Crippen LogP contribution in [0.3, 0.4) is 0 Å². The molecule has 3 rings (SSSR count). The number of cyclic esters (lactones) is 1. The molecule has 0 aromatic heterocycles. The summed E-state index contributed by atoms with van der Waals surface area (Å²) in [6.45, 7) is 4.22. The molecule has 0 bridgehead atoms. The van der Waals surface area contributed by atoms with Crippen LogP contribution in [0.15, 0.2) is 64.1 Å². The molecule has 0 unspecified atom stereocenters. The van der Waals surface area contributed by atoms with Crippen molar-refractivity contribution in [2.45, 2.75) is 18.7 Å². The van der Waals surface area contributed by atoms with Crippen molar-refractivity contribution in [3.8, 4) is 0 Å². The van der Waals surface area contributed by atoms with E-state index in [0.717, 1.165) is 0 Å². The molecule has 0 saturated carbocycles. The van der Waals surface area contributed by atoms with E-state index < -0.39 is 20.9 Å². The zero-order chi connectivity index (χ0) is 21.9. The molecule has 30 heavy (non-hydrogen) atoms. The van der Waals surface area contributed by atoms with Crippen LogP contribution in [0.25, 0.3) is 6.08 Å². The summed E-state index contributed by atoms with van der Waals surface area (Å²) in [5.74, 6) is -0.750. The third kappa shape index (κ3) is 4.14. The molecule has 2 aromatic rings. The van der Waals surface area contributed by atoms with Crippen LogP contribution < -0.4 is 0 Å². The van der Waals surface area contributed by atoms with Gasteiger partial charge in [0.25, 0.3) is 5.69 Å². The van der Waals surface area contributed by atoms with Crippen molar-refractivity contribution in [3.05, 3.63) is 75.5 Å². The Kier molecular flexibility index (Phi) is 6.09. The Morgan fingerprint density at radius 1 is 1.10 bits per heavy atom. The molecule has 1 aliphatic heterocycles. The molecule has 1 heterocycles. The van der Waals surface area contributed by atoms with Crippen molar-refractivity contribution in [2.24, 2.45) is 4.99 Å². The summed E-state index contributed by atoms with van der Waals surface area (Å²) < 4.78 is 31.6. The largest absolute Gasteiger partial charge is 0.402 e. The lowest BCUT2D eigenvalue weighted by atomic mass is 10.1. The average Bonchev–Trinajstić information content (AvgIpc) is 3.09. The molecule has 0 saturated heterocycles. The maximum Gasteiger partial charge on any atom is 0.363 e. The van der Waals surface area contributed by atoms with Crippen LogP contribution in [-0.4, -0.2) is 42.6 Å². The van der Waals surface area contributed by atoms with Gasteiger partial charge >= 0.3 is 5.97 Å². The summed E-state index contributed by atoms with van der Waals surface area (Å²) in [5.41, 5.74) is 0.388. The molecule has 1 aliphatic rings. The van der Waals surface area contributed by atoms with Crippen LogP contribution in [0.4, 0.5) is 5.69 Å². The molecule has 9 nitrogen and oxygen atoms in total. The fourth-order valence-corrected chi connectivity index (χ4v) is 4.40. The van der Waals surface area contributed by atoms with Crippen LogP contribution in [0.5, 0.6) is 0 Å². The number of para-hydroxylation sites is 1. The summed E-state index contributed by atoms with van der Waals surface area (Å²) in [5, 5.41) is 11.1. The molecule has 0 amide bonds. The first kappa shape index (κ1) is 21.3. The molecule has 0 fully saturated rings. The van der Waals surface area contributed by atoms with Crippen LogP contribution in [-0.2, 0) is 19.6 Å². The van der Waals surface area contributed by atoms with Gasteiger partial charge in [0.15, 0.2) is 5.70 Å². The van der Waals surface area contributed by atoms with Gasteiger partial charge in [0.05, 0.1) is 15.4 Å². The van der Waals surface area contributed by atoms with Crippen LogP contribution in [0.1, 0.15) is 25.0 Å². The third-order valence-electron chi connectivity index (χ3n) is 4.49. The van der Waals surface area contributed by atoms with E-state index >= 15 is 0 Å². The first-order valence-corrected chi connectivity index (χ1v) is 10.6. The summed E-state index contributed by atoms with van der Waals surface area (Å²) in [6.07, 6.45) is 1.28. The molecule has 10 heteroatoms. The molecule has 0 atom stereocenters. The number of nitro groups is 1. The van der Waals surface area contributed by atoms with Gasteiger partial charge in [-0.1, -0.05) is 26.0 Å². The fraction of sp³-hybridized carbons (Fsp3) is 0.200. The quantitative estimate of drug-likeness (QED) is 0.289. The third-order valence-corrected chi connectivity index (χ3v) is 6.55. The van der Waals surface area contributed by atoms with Gasteiger partial charge in [0.2, 0.25) is 15.9 Å². The molecule has 0 spiro atoms. The monoisotopic (exact) mass is 429 g/mol. The van der Waals surface area contributed by atoms with E-state index in [-0.39, 0.29) is 27.7 Å². The number of benzene rings is 2. The number of ether oxygens (including phenoxy) is 1. The molecule has 0 radical (unpaired) electrons. The number of rotatable bonds is 7. The first-order valence-electron chi connectivity index (χ1n) is 9.14. The summed E-state index contributed by atoms with van der Waals surface area (Å²) in [4.78, 5) is 27.0. The van der Waals surface area contributed by atoms with Crippen molar-refractivity contribution < 1.29 is 22.9 Å². The lowest BCUT2D eigenvalue weighted by Gasteiger charge is -2.18. The second-order valence-corrected chi connectivity index (χ2v) is 8.20. The van der Waals surface area contributed by atoms with Crippen LogP contribution in [0, 0.1) is 10.1 Å². The minimum Gasteiger partial charge on any atom is -0.402 e. The fourth-order valence-electron chi connectivity index (χ4n) is 2.94. The Morgan fingerprint density at radius 3 is 2.33 bits per heavy atom. The highest BCUT2D eigenvalue weighted by Crippen LogP contribution is 2.25. The lowest BCUT2D eigenvalue weighted by Crippen LogP contribution is -2.30. The summed E-state index contributed by atoms with van der Waals surface area (Å²) >= 11 is 0. The van der Waals surface area contributed by atoms with Crippen LogP contribution >= 0.6 is 0 Å². The molecule has 0 N–H and O–H groups in total. The summed E-state index contributed by atoms with van der Waals surface area (Å²) in [6, 6.07) is 11.8. The first-order chi connectivity index (χ1) is 14.3. The number of sulfonamides is 1. The zero-order valence-corrected chi connectivity index (χ0v) is 17.1. The van der Waals surface area contributed by atoms with Crippen molar-refractivity contribution >= 4 is 33.7 Å². The molecular weight excluding hydrogens is 410 g/mol. The van der Waals surface area contributed by atoms with Crippen molar-refractivity contribution in [3.63, 3.8) is 0 Å². The van der Waals surface area contributed by atoms with Gasteiger partial charge in [-0.25, -0.2) is 18.2 Å². The minimum absolute atomic E-state index is 0.00313. The zero-order valence-electron chi connectivity index (χ0n) is 16.3. The molecule has 156 valence electrons. The smallest absolute Gasteiger partial charge is 0.363 e. The van der Waals surface area contributed by atoms with Crippen molar-refractivity contribution in [2.75, 3.05) is 13.1 Å². The second kappa shape index (κ2) is 8.56. The van der Waals surface area contributed by atoms with Gasteiger partial charge in [0.1, 0.15) is 0 Å². The Hall–Kier alpha value is -3.37. The van der Waals surface area contributed by atoms with E-state index in [1.165, 1.54) is 52.8 Å². The molecule has 2 aromatic carbocycles. The average molecular weight is 429 g/mol. The van der Waals surface area contributed by atoms with Gasteiger partial charge in [-0.15, -0.1) is 0 Å². The van der Waals surface area contributed by atoms with Gasteiger partial charge in [-0.05, 0) is 36.4 Å². The van der Waals surface area contributed by atoms with Gasteiger partial charge in [0, 0.05) is 24.7 Å². The van der Waals surface area contributed by atoms with E-state index in [1.807, 2.05) is 0 Å². The van der Waals surface area contributed by atoms with Gasteiger partial charge < -0.3 is 4.74 Å². The number of nitrogens with zero attached hydrogens (tertiary/aromatic N) is 3. The highest BCUT2D eigenvalue weighted by atomic mass is 32.2. The summed E-state index contributed by atoms with van der Waals surface area (Å²) in [7, 11) is -3.61. The van der Waals surface area contributed by atoms with E-state index in [1.54, 1.807) is 19.9 Å².